The van der Waals surface area contributed by atoms with Gasteiger partial charge in [0.2, 0.25) is 5.95 Å². The third-order valence-corrected chi connectivity index (χ3v) is 6.81. The molecule has 0 unspecified atom stereocenters. The summed E-state index contributed by atoms with van der Waals surface area (Å²) in [7, 11) is 0. The van der Waals surface area contributed by atoms with Crippen LogP contribution in [0.25, 0.3) is 10.9 Å². The van der Waals surface area contributed by atoms with Crippen molar-refractivity contribution < 1.29 is 13.9 Å². The van der Waals surface area contributed by atoms with Crippen molar-refractivity contribution in [2.75, 3.05) is 28.3 Å². The fourth-order valence-electron chi connectivity index (χ4n) is 5.03. The molecule has 4 aromatic rings. The number of hydrogen-bond acceptors (Lipinski definition) is 8. The molecule has 2 aromatic heterocycles. The number of fused-ring (bicyclic) bond motifs is 2. The minimum Gasteiger partial charge on any atom is -0.381 e. The number of H-pyrrole nitrogens is 1. The topological polar surface area (TPSA) is 123 Å². The number of nitrogens with zero attached hydrogens (tertiary/aromatic N) is 6. The summed E-state index contributed by atoms with van der Waals surface area (Å²) < 4.78 is 20.1. The van der Waals surface area contributed by atoms with Crippen molar-refractivity contribution in [1.29, 1.82) is 5.26 Å². The quantitative estimate of drug-likeness (QED) is 0.430. The number of amides is 1. The Morgan fingerprint density at radius 2 is 2.05 bits per heavy atom. The number of halogens is 1. The number of benzene rings is 2. The first-order valence-electron chi connectivity index (χ1n) is 12.0. The molecule has 6 rings (SSSR count). The number of carbonyl (C=O) groups excluding carboxylic acids is 1. The van der Waals surface area contributed by atoms with E-state index in [0.29, 0.717) is 52.6 Å². The SMILES string of the molecule is C[C@@H]1C(=O)N(c2cccc(C#N)c2)c2cnc(Nc3cc(F)c4[nH]ncc4c3)nc2N1C1CCOCC1. The Kier molecular flexibility index (Phi) is 5.65. The molecule has 0 bridgehead atoms. The molecule has 1 amide bonds. The average molecular weight is 499 g/mol. The summed E-state index contributed by atoms with van der Waals surface area (Å²) in [5.74, 6) is 0.280. The van der Waals surface area contributed by atoms with Crippen LogP contribution in [0.5, 0.6) is 0 Å². The van der Waals surface area contributed by atoms with E-state index in [0.717, 1.165) is 12.8 Å². The van der Waals surface area contributed by atoms with Crippen LogP contribution in [0.15, 0.2) is 48.8 Å². The molecule has 10 nitrogen and oxygen atoms in total. The summed E-state index contributed by atoms with van der Waals surface area (Å²) in [5.41, 5.74) is 2.34. The first-order chi connectivity index (χ1) is 18.0. The van der Waals surface area contributed by atoms with Gasteiger partial charge >= 0.3 is 0 Å². The van der Waals surface area contributed by atoms with E-state index in [-0.39, 0.29) is 17.9 Å². The van der Waals surface area contributed by atoms with Crippen molar-refractivity contribution in [3.8, 4) is 6.07 Å². The van der Waals surface area contributed by atoms with Crippen LogP contribution in [-0.2, 0) is 9.53 Å². The number of anilines is 5. The highest BCUT2D eigenvalue weighted by molar-refractivity contribution is 6.10. The molecule has 1 fully saturated rings. The van der Waals surface area contributed by atoms with Gasteiger partial charge in [0, 0.05) is 30.3 Å². The number of nitrogens with one attached hydrogen (secondary N) is 2. The van der Waals surface area contributed by atoms with Crippen molar-refractivity contribution >= 4 is 45.6 Å². The van der Waals surface area contributed by atoms with Crippen LogP contribution in [0.3, 0.4) is 0 Å². The van der Waals surface area contributed by atoms with E-state index >= 15 is 0 Å². The van der Waals surface area contributed by atoms with E-state index in [1.165, 1.54) is 6.07 Å². The van der Waals surface area contributed by atoms with Crippen molar-refractivity contribution in [3.63, 3.8) is 0 Å². The van der Waals surface area contributed by atoms with Gasteiger partial charge in [-0.05, 0) is 50.1 Å². The van der Waals surface area contributed by atoms with Crippen LogP contribution in [0.4, 0.5) is 33.2 Å². The van der Waals surface area contributed by atoms with Gasteiger partial charge in [-0.2, -0.15) is 15.3 Å². The Morgan fingerprint density at radius 1 is 1.22 bits per heavy atom. The zero-order chi connectivity index (χ0) is 25.5. The molecule has 2 aliphatic rings. The second-order valence-electron chi connectivity index (χ2n) is 9.08. The van der Waals surface area contributed by atoms with Gasteiger partial charge < -0.3 is 15.0 Å². The summed E-state index contributed by atoms with van der Waals surface area (Å²) in [5, 5.41) is 19.6. The summed E-state index contributed by atoms with van der Waals surface area (Å²) in [6.07, 6.45) is 4.66. The van der Waals surface area contributed by atoms with Gasteiger partial charge in [-0.1, -0.05) is 6.07 Å². The van der Waals surface area contributed by atoms with Crippen molar-refractivity contribution in [1.82, 2.24) is 20.2 Å². The van der Waals surface area contributed by atoms with Crippen LogP contribution in [0.1, 0.15) is 25.3 Å². The smallest absolute Gasteiger partial charge is 0.254 e. The third kappa shape index (κ3) is 4.01. The molecule has 2 N–H and O–H groups in total. The van der Waals surface area contributed by atoms with E-state index in [4.69, 9.17) is 9.72 Å². The van der Waals surface area contributed by atoms with Gasteiger partial charge in [-0.3, -0.25) is 14.8 Å². The molecule has 4 heterocycles. The van der Waals surface area contributed by atoms with Crippen LogP contribution in [0.2, 0.25) is 0 Å². The minimum atomic E-state index is -0.510. The Labute approximate surface area is 211 Å². The van der Waals surface area contributed by atoms with E-state index in [9.17, 15) is 14.4 Å². The van der Waals surface area contributed by atoms with Crippen molar-refractivity contribution in [2.24, 2.45) is 0 Å². The third-order valence-electron chi connectivity index (χ3n) is 6.81. The molecule has 37 heavy (non-hydrogen) atoms. The molecule has 1 saturated heterocycles. The van der Waals surface area contributed by atoms with Crippen LogP contribution < -0.4 is 15.1 Å². The lowest BCUT2D eigenvalue weighted by atomic mass is 10.0. The molecule has 0 aliphatic carbocycles. The maximum Gasteiger partial charge on any atom is 0.254 e. The molecule has 0 spiro atoms. The summed E-state index contributed by atoms with van der Waals surface area (Å²) >= 11 is 0. The Bertz CT molecular complexity index is 1540. The van der Waals surface area contributed by atoms with Gasteiger partial charge in [-0.15, -0.1) is 0 Å². The molecule has 0 saturated carbocycles. The standard InChI is InChI=1S/C26H23FN8O2/c1-15-25(36)35(20-4-2-3-16(9-20)12-28)22-14-29-26(32-24(22)34(15)19-5-7-37-8-6-19)31-18-10-17-13-30-33-23(17)21(27)11-18/h2-4,9-11,13-15,19H,5-8H2,1H3,(H,30,33)(H,29,31,32)/t15-/m1/s1. The number of hydrogen-bond donors (Lipinski definition) is 2. The number of aromatic nitrogens is 4. The number of rotatable bonds is 4. The number of aromatic amines is 1. The molecule has 2 aromatic carbocycles. The van der Waals surface area contributed by atoms with E-state index in [1.807, 2.05) is 11.8 Å². The van der Waals surface area contributed by atoms with Gasteiger partial charge in [0.25, 0.3) is 5.91 Å². The lowest BCUT2D eigenvalue weighted by Gasteiger charge is -2.45. The maximum atomic E-state index is 14.5. The molecule has 11 heteroatoms. The predicted octanol–water partition coefficient (Wildman–Crippen LogP) is 4.16. The van der Waals surface area contributed by atoms with E-state index in [1.54, 1.807) is 47.6 Å². The zero-order valence-electron chi connectivity index (χ0n) is 20.0. The first kappa shape index (κ1) is 22.9. The number of carbonyl (C=O) groups is 1. The summed E-state index contributed by atoms with van der Waals surface area (Å²) in [6.45, 7) is 3.07. The maximum absolute atomic E-state index is 14.5. The average Bonchev–Trinajstić information content (AvgIpc) is 3.40. The first-order valence-corrected chi connectivity index (χ1v) is 12.0. The van der Waals surface area contributed by atoms with E-state index in [2.05, 4.69) is 26.6 Å². The molecule has 186 valence electrons. The molecular formula is C26H23FN8O2. The largest absolute Gasteiger partial charge is 0.381 e. The van der Waals surface area contributed by atoms with Crippen LogP contribution >= 0.6 is 0 Å². The second-order valence-corrected chi connectivity index (χ2v) is 9.08. The molecular weight excluding hydrogens is 475 g/mol. The van der Waals surface area contributed by atoms with Gasteiger partial charge in [-0.25, -0.2) is 9.37 Å². The molecule has 1 atom stereocenters. The normalized spacial score (nSPS) is 18.1. The van der Waals surface area contributed by atoms with Crippen molar-refractivity contribution in [3.05, 3.63) is 60.2 Å². The highest BCUT2D eigenvalue weighted by atomic mass is 19.1. The fraction of sp³-hybridized carbons (Fsp3) is 0.269. The van der Waals surface area contributed by atoms with Crippen molar-refractivity contribution in [2.45, 2.75) is 31.8 Å². The predicted molar refractivity (Wildman–Crippen MR) is 135 cm³/mol. The zero-order valence-corrected chi connectivity index (χ0v) is 20.0. The lowest BCUT2D eigenvalue weighted by molar-refractivity contribution is -0.119. The molecule has 0 radical (unpaired) electrons. The van der Waals surface area contributed by atoms with Gasteiger partial charge in [0.15, 0.2) is 11.6 Å². The Hall–Kier alpha value is -4.56. The fourth-order valence-corrected chi connectivity index (χ4v) is 5.03. The summed E-state index contributed by atoms with van der Waals surface area (Å²) in [6, 6.07) is 11.7. The highest BCUT2D eigenvalue weighted by Crippen LogP contribution is 2.42. The Morgan fingerprint density at radius 3 is 2.86 bits per heavy atom. The van der Waals surface area contributed by atoms with Crippen LogP contribution in [-0.4, -0.2) is 51.4 Å². The molecule has 2 aliphatic heterocycles. The lowest BCUT2D eigenvalue weighted by Crippen LogP contribution is -2.56. The van der Waals surface area contributed by atoms with Crippen LogP contribution in [0, 0.1) is 17.1 Å². The number of ether oxygens (including phenoxy) is 1. The second kappa shape index (κ2) is 9.15. The monoisotopic (exact) mass is 498 g/mol. The highest BCUT2D eigenvalue weighted by Gasteiger charge is 2.41. The Balaban J connectivity index is 1.45. The minimum absolute atomic E-state index is 0.0570. The number of nitriles is 1. The summed E-state index contributed by atoms with van der Waals surface area (Å²) in [4.78, 5) is 26.6. The van der Waals surface area contributed by atoms with Gasteiger partial charge in [0.1, 0.15) is 17.2 Å². The van der Waals surface area contributed by atoms with E-state index < -0.39 is 11.9 Å². The van der Waals surface area contributed by atoms with Gasteiger partial charge in [0.05, 0.1) is 29.7 Å².